The number of nitrogens with one attached hydrogen (secondary N) is 1. The smallest absolute Gasteiger partial charge is 0.416 e. The number of anilines is 2. The number of hydrogen-bond acceptors (Lipinski definition) is 6. The monoisotopic (exact) mass is 486 g/mol. The Morgan fingerprint density at radius 1 is 1.18 bits per heavy atom. The molecule has 1 N–H and O–H groups in total. The Kier molecular flexibility index (Phi) is 8.04. The maximum atomic E-state index is 13.2. The highest BCUT2D eigenvalue weighted by Gasteiger charge is 2.32. The number of hydrogen-bond donors (Lipinski definition) is 1. The van der Waals surface area contributed by atoms with E-state index in [1.54, 1.807) is 24.3 Å². The Balaban J connectivity index is 1.67. The molecular formula is C22H22ClF3N2O5. The van der Waals surface area contributed by atoms with Gasteiger partial charge in [-0.25, -0.2) is 4.79 Å². The van der Waals surface area contributed by atoms with Crippen molar-refractivity contribution in [1.82, 2.24) is 0 Å². The van der Waals surface area contributed by atoms with Gasteiger partial charge in [-0.3, -0.25) is 4.79 Å². The van der Waals surface area contributed by atoms with Crippen molar-refractivity contribution in [2.45, 2.75) is 19.2 Å². The molecule has 0 aromatic heterocycles. The van der Waals surface area contributed by atoms with Crippen molar-refractivity contribution in [3.63, 3.8) is 0 Å². The van der Waals surface area contributed by atoms with Crippen molar-refractivity contribution in [3.05, 3.63) is 53.1 Å². The number of carbonyl (C=O) groups is 2. The number of esters is 1. The third-order valence-corrected chi connectivity index (χ3v) is 5.11. The summed E-state index contributed by atoms with van der Waals surface area (Å²) in [6.45, 7) is 2.55. The molecule has 7 nitrogen and oxygen atoms in total. The third kappa shape index (κ3) is 6.75. The molecule has 1 unspecified atom stereocenters. The van der Waals surface area contributed by atoms with Crippen molar-refractivity contribution in [1.29, 1.82) is 0 Å². The van der Waals surface area contributed by atoms with Crippen LogP contribution in [-0.4, -0.2) is 50.9 Å². The van der Waals surface area contributed by atoms with Gasteiger partial charge in [0.2, 0.25) is 0 Å². The van der Waals surface area contributed by atoms with Crippen LogP contribution in [0.3, 0.4) is 0 Å². The van der Waals surface area contributed by atoms with E-state index in [0.717, 1.165) is 12.1 Å². The quantitative estimate of drug-likeness (QED) is 0.593. The number of carbonyl (C=O) groups excluding carboxylic acids is 2. The molecule has 0 bridgehead atoms. The molecule has 0 aliphatic carbocycles. The fourth-order valence-electron chi connectivity index (χ4n) is 3.11. The predicted molar refractivity (Wildman–Crippen MR) is 116 cm³/mol. The van der Waals surface area contributed by atoms with Crippen LogP contribution in [0.1, 0.15) is 12.5 Å². The van der Waals surface area contributed by atoms with Gasteiger partial charge in [0.05, 0.1) is 35.2 Å². The van der Waals surface area contributed by atoms with Gasteiger partial charge in [-0.2, -0.15) is 13.2 Å². The first kappa shape index (κ1) is 24.7. The number of ether oxygens (including phenoxy) is 3. The normalized spacial score (nSPS) is 15.0. The number of morpholine rings is 1. The largest absolute Gasteiger partial charge is 0.480 e. The molecule has 1 heterocycles. The number of para-hydroxylation sites is 1. The van der Waals surface area contributed by atoms with E-state index < -0.39 is 36.3 Å². The molecule has 0 radical (unpaired) electrons. The minimum Gasteiger partial charge on any atom is -0.480 e. The summed E-state index contributed by atoms with van der Waals surface area (Å²) in [5, 5.41) is 2.75. The molecule has 1 atom stereocenters. The molecule has 2 aromatic carbocycles. The van der Waals surface area contributed by atoms with Crippen LogP contribution in [0, 0.1) is 0 Å². The zero-order valence-electron chi connectivity index (χ0n) is 17.7. The lowest BCUT2D eigenvalue weighted by molar-refractivity contribution is -0.155. The lowest BCUT2D eigenvalue weighted by Crippen LogP contribution is -2.37. The minimum atomic E-state index is -4.59. The molecule has 0 saturated carbocycles. The van der Waals surface area contributed by atoms with Crippen molar-refractivity contribution in [2.75, 3.05) is 43.1 Å². The van der Waals surface area contributed by atoms with Gasteiger partial charge < -0.3 is 24.4 Å². The van der Waals surface area contributed by atoms with Gasteiger partial charge in [0.25, 0.3) is 5.91 Å². The molecule has 1 saturated heterocycles. The lowest BCUT2D eigenvalue weighted by atomic mass is 10.1. The highest BCUT2D eigenvalue weighted by molar-refractivity contribution is 6.32. The molecule has 1 aliphatic rings. The maximum Gasteiger partial charge on any atom is 0.416 e. The van der Waals surface area contributed by atoms with Crippen molar-refractivity contribution in [3.8, 4) is 5.75 Å². The zero-order chi connectivity index (χ0) is 24.0. The van der Waals surface area contributed by atoms with E-state index in [0.29, 0.717) is 37.0 Å². The lowest BCUT2D eigenvalue weighted by Gasteiger charge is -2.31. The summed E-state index contributed by atoms with van der Waals surface area (Å²) >= 11 is 5.94. The molecular weight excluding hydrogens is 465 g/mol. The molecule has 1 aliphatic heterocycles. The number of rotatable bonds is 7. The SMILES string of the molecule is CC(OC(=O)COc1ccccc1Cl)C(=O)Nc1cc(C(F)(F)F)ccc1N1CCOCC1. The van der Waals surface area contributed by atoms with Crippen LogP contribution in [0.4, 0.5) is 24.5 Å². The minimum absolute atomic E-state index is 0.0352. The standard InChI is InChI=1S/C22H22ClF3N2O5/c1-14(33-20(29)13-32-19-5-3-2-4-16(19)23)21(30)27-17-12-15(22(24,25)26)6-7-18(17)28-8-10-31-11-9-28/h2-7,12,14H,8-11,13H2,1H3,(H,27,30). The highest BCUT2D eigenvalue weighted by atomic mass is 35.5. The van der Waals surface area contributed by atoms with E-state index in [1.165, 1.54) is 13.0 Å². The zero-order valence-corrected chi connectivity index (χ0v) is 18.4. The second kappa shape index (κ2) is 10.8. The van der Waals surface area contributed by atoms with Crippen LogP contribution >= 0.6 is 11.6 Å². The van der Waals surface area contributed by atoms with Gasteiger partial charge in [-0.1, -0.05) is 23.7 Å². The number of halogens is 4. The molecule has 1 amide bonds. The van der Waals surface area contributed by atoms with E-state index in [4.69, 9.17) is 25.8 Å². The Hall–Kier alpha value is -2.98. The van der Waals surface area contributed by atoms with E-state index in [1.807, 2.05) is 4.90 Å². The molecule has 11 heteroatoms. The second-order valence-corrected chi connectivity index (χ2v) is 7.58. The molecule has 1 fully saturated rings. The highest BCUT2D eigenvalue weighted by Crippen LogP contribution is 2.36. The van der Waals surface area contributed by atoms with Gasteiger partial charge in [0.15, 0.2) is 12.7 Å². The Morgan fingerprint density at radius 3 is 2.55 bits per heavy atom. The van der Waals surface area contributed by atoms with Crippen LogP contribution in [0.15, 0.2) is 42.5 Å². The van der Waals surface area contributed by atoms with Crippen LogP contribution in [-0.2, 0) is 25.2 Å². The van der Waals surface area contributed by atoms with E-state index >= 15 is 0 Å². The summed E-state index contributed by atoms with van der Waals surface area (Å²) in [7, 11) is 0. The fraction of sp³-hybridized carbons (Fsp3) is 0.364. The summed E-state index contributed by atoms with van der Waals surface area (Å²) in [4.78, 5) is 26.5. The van der Waals surface area contributed by atoms with Crippen LogP contribution in [0.2, 0.25) is 5.02 Å². The van der Waals surface area contributed by atoms with Gasteiger partial charge >= 0.3 is 12.1 Å². The molecule has 178 valence electrons. The first-order chi connectivity index (χ1) is 15.6. The van der Waals surface area contributed by atoms with Gasteiger partial charge in [0.1, 0.15) is 5.75 Å². The van der Waals surface area contributed by atoms with Crippen LogP contribution < -0.4 is 15.0 Å². The van der Waals surface area contributed by atoms with Gasteiger partial charge in [0, 0.05) is 13.1 Å². The van der Waals surface area contributed by atoms with Crippen molar-refractivity contribution in [2.24, 2.45) is 0 Å². The van der Waals surface area contributed by atoms with E-state index in [-0.39, 0.29) is 11.4 Å². The van der Waals surface area contributed by atoms with Gasteiger partial charge in [-0.05, 0) is 37.3 Å². The first-order valence-corrected chi connectivity index (χ1v) is 10.4. The van der Waals surface area contributed by atoms with Gasteiger partial charge in [-0.15, -0.1) is 0 Å². The summed E-state index contributed by atoms with van der Waals surface area (Å²) in [5.41, 5.74) is -0.528. The average molecular weight is 487 g/mol. The summed E-state index contributed by atoms with van der Waals surface area (Å²) in [6.07, 6.45) is -5.86. The predicted octanol–water partition coefficient (Wildman–Crippen LogP) is 4.14. The Morgan fingerprint density at radius 2 is 1.88 bits per heavy atom. The average Bonchev–Trinajstić information content (AvgIpc) is 2.78. The number of nitrogens with zero attached hydrogens (tertiary/aromatic N) is 1. The molecule has 0 spiro atoms. The summed E-state index contributed by atoms with van der Waals surface area (Å²) in [6, 6.07) is 9.63. The second-order valence-electron chi connectivity index (χ2n) is 7.17. The van der Waals surface area contributed by atoms with Crippen LogP contribution in [0.5, 0.6) is 5.75 Å². The molecule has 33 heavy (non-hydrogen) atoms. The van der Waals surface area contributed by atoms with E-state index in [2.05, 4.69) is 5.32 Å². The van der Waals surface area contributed by atoms with Crippen molar-refractivity contribution < 1.29 is 37.0 Å². The third-order valence-electron chi connectivity index (χ3n) is 4.79. The Labute approximate surface area is 193 Å². The molecule has 2 aromatic rings. The first-order valence-electron chi connectivity index (χ1n) is 10.1. The maximum absolute atomic E-state index is 13.2. The topological polar surface area (TPSA) is 77.1 Å². The molecule has 3 rings (SSSR count). The Bertz CT molecular complexity index is 996. The van der Waals surface area contributed by atoms with E-state index in [9.17, 15) is 22.8 Å². The van der Waals surface area contributed by atoms with Crippen molar-refractivity contribution >= 4 is 34.9 Å². The number of benzene rings is 2. The fourth-order valence-corrected chi connectivity index (χ4v) is 3.30. The number of alkyl halides is 3. The summed E-state index contributed by atoms with van der Waals surface area (Å²) < 4.78 is 55.3. The number of amides is 1. The summed E-state index contributed by atoms with van der Waals surface area (Å²) in [5.74, 6) is -1.35. The van der Waals surface area contributed by atoms with Crippen LogP contribution in [0.25, 0.3) is 0 Å².